The van der Waals surface area contributed by atoms with E-state index in [4.69, 9.17) is 18.5 Å². The standard InChI is InChI=1S/C50H90NO8P/c1-6-8-10-12-14-16-18-20-21-22-23-24-25-26-27-28-29-31-32-34-36-38-40-42-49(52)56-46-48(47-58-60(54,55)57-45-44-51(3,4)5)59-50(53)43-41-39-37-35-33-30-19-17-15-13-11-9-7-2/h9,11,13,15,17,19,26-27,30,33,48H,6-8,10,12,14,16,18,20-25,28-29,31-32,34-47H2,1-5H3/b11-9+,15-13+,19-17+,27-26+,33-30+. The monoisotopic (exact) mass is 864 g/mol. The van der Waals surface area contributed by atoms with Gasteiger partial charge in [0, 0.05) is 12.8 Å². The van der Waals surface area contributed by atoms with E-state index in [1.807, 2.05) is 57.6 Å². The largest absolute Gasteiger partial charge is 0.756 e. The van der Waals surface area contributed by atoms with Gasteiger partial charge in [0.05, 0.1) is 27.7 Å². The summed E-state index contributed by atoms with van der Waals surface area (Å²) in [5, 5.41) is 0. The Morgan fingerprint density at radius 3 is 1.48 bits per heavy atom. The number of hydrogen-bond acceptors (Lipinski definition) is 8. The highest BCUT2D eigenvalue weighted by Crippen LogP contribution is 2.38. The molecule has 0 aromatic rings. The first kappa shape index (κ1) is 57.7. The molecule has 0 rings (SSSR count). The number of likely N-dealkylation sites (N-methyl/N-ethyl adjacent to an activating group) is 1. The molecule has 0 aromatic heterocycles. The Morgan fingerprint density at radius 2 is 0.967 bits per heavy atom. The van der Waals surface area contributed by atoms with Gasteiger partial charge in [-0.1, -0.05) is 184 Å². The van der Waals surface area contributed by atoms with Crippen LogP contribution < -0.4 is 4.89 Å². The topological polar surface area (TPSA) is 111 Å². The number of rotatable bonds is 43. The minimum Gasteiger partial charge on any atom is -0.756 e. The van der Waals surface area contributed by atoms with Gasteiger partial charge in [-0.2, -0.15) is 0 Å². The van der Waals surface area contributed by atoms with E-state index in [2.05, 4.69) is 38.2 Å². The van der Waals surface area contributed by atoms with E-state index < -0.39 is 32.5 Å². The van der Waals surface area contributed by atoms with E-state index in [0.29, 0.717) is 17.4 Å². The van der Waals surface area contributed by atoms with Crippen LogP contribution in [0.25, 0.3) is 0 Å². The van der Waals surface area contributed by atoms with E-state index in [9.17, 15) is 19.0 Å². The lowest BCUT2D eigenvalue weighted by molar-refractivity contribution is -0.870. The van der Waals surface area contributed by atoms with Crippen molar-refractivity contribution in [3.63, 3.8) is 0 Å². The molecule has 60 heavy (non-hydrogen) atoms. The molecule has 0 N–H and O–H groups in total. The summed E-state index contributed by atoms with van der Waals surface area (Å²) in [4.78, 5) is 37.6. The van der Waals surface area contributed by atoms with E-state index in [-0.39, 0.29) is 26.1 Å². The Labute approximate surface area is 368 Å². The molecule has 0 aliphatic carbocycles. The van der Waals surface area contributed by atoms with Crippen LogP contribution in [0.1, 0.15) is 194 Å². The van der Waals surface area contributed by atoms with Crippen LogP contribution >= 0.6 is 7.82 Å². The Bertz CT molecular complexity index is 1210. The quantitative estimate of drug-likeness (QED) is 0.0149. The molecule has 0 aliphatic heterocycles. The first-order valence-electron chi connectivity index (χ1n) is 24.0. The van der Waals surface area contributed by atoms with Gasteiger partial charge in [0.15, 0.2) is 6.10 Å². The summed E-state index contributed by atoms with van der Waals surface area (Å²) >= 11 is 0. The summed E-state index contributed by atoms with van der Waals surface area (Å²) < 4.78 is 33.9. The van der Waals surface area contributed by atoms with E-state index in [1.165, 1.54) is 103 Å². The van der Waals surface area contributed by atoms with Crippen molar-refractivity contribution >= 4 is 19.8 Å². The number of nitrogens with zero attached hydrogens (tertiary/aromatic N) is 1. The lowest BCUT2D eigenvalue weighted by Gasteiger charge is -2.28. The second kappa shape index (κ2) is 42.0. The number of carbonyl (C=O) groups excluding carboxylic acids is 2. The average Bonchev–Trinajstić information content (AvgIpc) is 3.20. The number of allylic oxidation sites excluding steroid dienone is 10. The summed E-state index contributed by atoms with van der Waals surface area (Å²) in [5.41, 5.74) is 0. The number of phosphoric acid groups is 1. The van der Waals surface area contributed by atoms with E-state index in [0.717, 1.165) is 57.8 Å². The molecule has 0 aromatic carbocycles. The number of phosphoric ester groups is 1. The SMILES string of the molecule is CC/C=C/C=C/C=C/C=C/CCCCCC(=O)OC(COC(=O)CCCCCCCCC/C=C/CCCCCCCCCCCCCC)COP(=O)([O-])OCC[N+](C)(C)C. The number of unbranched alkanes of at least 4 members (excludes halogenated alkanes) is 22. The van der Waals surface area contributed by atoms with Crippen LogP contribution in [0, 0.1) is 0 Å². The van der Waals surface area contributed by atoms with Crippen molar-refractivity contribution in [2.45, 2.75) is 200 Å². The van der Waals surface area contributed by atoms with Crippen molar-refractivity contribution in [2.75, 3.05) is 47.5 Å². The summed E-state index contributed by atoms with van der Waals surface area (Å²) in [6.45, 7) is 4.04. The third-order valence-electron chi connectivity index (χ3n) is 10.1. The summed E-state index contributed by atoms with van der Waals surface area (Å²) in [6.07, 6.45) is 51.3. The van der Waals surface area contributed by atoms with Gasteiger partial charge < -0.3 is 27.9 Å². The minimum absolute atomic E-state index is 0.0419. The predicted molar refractivity (Wildman–Crippen MR) is 250 cm³/mol. The highest BCUT2D eigenvalue weighted by atomic mass is 31.2. The van der Waals surface area contributed by atoms with Gasteiger partial charge >= 0.3 is 11.9 Å². The maximum atomic E-state index is 12.7. The Balaban J connectivity index is 4.26. The number of hydrogen-bond donors (Lipinski definition) is 0. The molecule has 2 unspecified atom stereocenters. The fourth-order valence-electron chi connectivity index (χ4n) is 6.37. The second-order valence-electron chi connectivity index (χ2n) is 17.2. The van der Waals surface area contributed by atoms with Crippen molar-refractivity contribution < 1.29 is 42.1 Å². The first-order chi connectivity index (χ1) is 29.0. The molecule has 0 fully saturated rings. The van der Waals surface area contributed by atoms with Crippen LogP contribution in [-0.4, -0.2) is 70.0 Å². The van der Waals surface area contributed by atoms with Gasteiger partial charge in [-0.3, -0.25) is 14.2 Å². The van der Waals surface area contributed by atoms with Crippen LogP contribution in [0.3, 0.4) is 0 Å². The van der Waals surface area contributed by atoms with Crippen LogP contribution in [0.15, 0.2) is 60.8 Å². The molecule has 0 spiro atoms. The lowest BCUT2D eigenvalue weighted by Crippen LogP contribution is -2.37. The molecular formula is C50H90NO8P. The minimum atomic E-state index is -4.64. The Morgan fingerprint density at radius 1 is 0.533 bits per heavy atom. The van der Waals surface area contributed by atoms with Crippen LogP contribution in [0.4, 0.5) is 0 Å². The van der Waals surface area contributed by atoms with Gasteiger partial charge in [0.2, 0.25) is 0 Å². The van der Waals surface area contributed by atoms with Crippen molar-refractivity contribution in [2.24, 2.45) is 0 Å². The predicted octanol–water partition coefficient (Wildman–Crippen LogP) is 13.4. The average molecular weight is 864 g/mol. The molecule has 0 heterocycles. The normalized spacial score (nSPS) is 14.0. The maximum absolute atomic E-state index is 12.7. The van der Waals surface area contributed by atoms with Crippen molar-refractivity contribution in [1.29, 1.82) is 0 Å². The zero-order valence-corrected chi connectivity index (χ0v) is 40.0. The van der Waals surface area contributed by atoms with Crippen molar-refractivity contribution in [1.82, 2.24) is 0 Å². The molecular weight excluding hydrogens is 774 g/mol. The van der Waals surface area contributed by atoms with Gasteiger partial charge in [-0.25, -0.2) is 0 Å². The Kier molecular flexibility index (Phi) is 40.4. The highest BCUT2D eigenvalue weighted by molar-refractivity contribution is 7.45. The fraction of sp³-hybridized carbons (Fsp3) is 0.760. The molecule has 0 aliphatic rings. The highest BCUT2D eigenvalue weighted by Gasteiger charge is 2.21. The molecule has 9 nitrogen and oxygen atoms in total. The smallest absolute Gasteiger partial charge is 0.306 e. The molecule has 0 saturated heterocycles. The van der Waals surface area contributed by atoms with Gasteiger partial charge in [-0.05, 0) is 57.8 Å². The molecule has 0 saturated carbocycles. The zero-order chi connectivity index (χ0) is 44.3. The van der Waals surface area contributed by atoms with Crippen LogP contribution in [0.2, 0.25) is 0 Å². The Hall–Kier alpha value is -2.29. The van der Waals surface area contributed by atoms with Crippen LogP contribution in [-0.2, 0) is 32.7 Å². The summed E-state index contributed by atoms with van der Waals surface area (Å²) in [5.74, 6) is -0.886. The summed E-state index contributed by atoms with van der Waals surface area (Å²) in [6, 6.07) is 0. The number of carbonyl (C=O) groups is 2. The number of quaternary nitrogens is 1. The molecule has 348 valence electrons. The first-order valence-corrected chi connectivity index (χ1v) is 25.5. The molecule has 2 atom stereocenters. The van der Waals surface area contributed by atoms with Crippen LogP contribution in [0.5, 0.6) is 0 Å². The van der Waals surface area contributed by atoms with Crippen molar-refractivity contribution in [3.05, 3.63) is 60.8 Å². The third kappa shape index (κ3) is 45.2. The molecule has 0 radical (unpaired) electrons. The lowest BCUT2D eigenvalue weighted by atomic mass is 10.0. The number of esters is 2. The van der Waals surface area contributed by atoms with Gasteiger partial charge in [0.1, 0.15) is 19.8 Å². The molecule has 0 bridgehead atoms. The molecule has 0 amide bonds. The second-order valence-corrected chi connectivity index (χ2v) is 18.6. The summed E-state index contributed by atoms with van der Waals surface area (Å²) in [7, 11) is 1.13. The molecule has 10 heteroatoms. The zero-order valence-electron chi connectivity index (χ0n) is 39.1. The van der Waals surface area contributed by atoms with E-state index in [1.54, 1.807) is 0 Å². The van der Waals surface area contributed by atoms with Crippen molar-refractivity contribution in [3.8, 4) is 0 Å². The number of ether oxygens (including phenoxy) is 2. The fourth-order valence-corrected chi connectivity index (χ4v) is 7.09. The maximum Gasteiger partial charge on any atom is 0.306 e. The third-order valence-corrected chi connectivity index (χ3v) is 11.1. The van der Waals surface area contributed by atoms with Gasteiger partial charge in [-0.15, -0.1) is 0 Å². The van der Waals surface area contributed by atoms with Gasteiger partial charge in [0.25, 0.3) is 7.82 Å². The van der Waals surface area contributed by atoms with E-state index >= 15 is 0 Å².